The molecule has 0 spiro atoms. The zero-order valence-electron chi connectivity index (χ0n) is 8.34. The summed E-state index contributed by atoms with van der Waals surface area (Å²) in [6, 6.07) is 0.411. The smallest absolute Gasteiger partial charge is 0.413 e. The van der Waals surface area contributed by atoms with Gasteiger partial charge in [-0.3, -0.25) is 5.32 Å². The van der Waals surface area contributed by atoms with Crippen LogP contribution in [0, 0.1) is 0 Å². The van der Waals surface area contributed by atoms with Gasteiger partial charge in [0.15, 0.2) is 5.11 Å². The molecule has 1 rings (SSSR count). The van der Waals surface area contributed by atoms with E-state index in [0.29, 0.717) is 11.2 Å². The molecule has 1 saturated carbocycles. The number of hydrogen-bond donors (Lipinski definition) is 2. The summed E-state index contributed by atoms with van der Waals surface area (Å²) in [6.45, 7) is 0. The summed E-state index contributed by atoms with van der Waals surface area (Å²) in [6.07, 6.45) is 5.51. The second-order valence-corrected chi connectivity index (χ2v) is 3.83. The van der Waals surface area contributed by atoms with E-state index in [2.05, 4.69) is 15.4 Å². The Kier molecular flexibility index (Phi) is 4.65. The largest absolute Gasteiger partial charge is 0.453 e. The molecule has 5 heteroatoms. The standard InChI is InChI=1S/C9H16N2O2S/c1-13-9(12)11-8(14)10-7-5-3-2-4-6-7/h7H,2-6H2,1H3,(H2,10,11,12,14). The van der Waals surface area contributed by atoms with Gasteiger partial charge in [-0.05, 0) is 25.1 Å². The van der Waals surface area contributed by atoms with Gasteiger partial charge < -0.3 is 10.1 Å². The van der Waals surface area contributed by atoms with Crippen molar-refractivity contribution in [1.29, 1.82) is 0 Å². The molecule has 1 aliphatic carbocycles. The summed E-state index contributed by atoms with van der Waals surface area (Å²) in [5, 5.41) is 5.90. The molecule has 1 aliphatic rings. The Hall–Kier alpha value is -0.840. The molecule has 14 heavy (non-hydrogen) atoms. The van der Waals surface area contributed by atoms with Crippen LogP contribution < -0.4 is 10.6 Å². The Balaban J connectivity index is 2.21. The molecule has 1 fully saturated rings. The van der Waals surface area contributed by atoms with E-state index < -0.39 is 6.09 Å². The van der Waals surface area contributed by atoms with Crippen molar-refractivity contribution >= 4 is 23.4 Å². The average Bonchev–Trinajstić information content (AvgIpc) is 2.19. The van der Waals surface area contributed by atoms with Crippen LogP contribution in [0.5, 0.6) is 0 Å². The van der Waals surface area contributed by atoms with Crippen LogP contribution in [0.2, 0.25) is 0 Å². The number of rotatable bonds is 1. The fourth-order valence-corrected chi connectivity index (χ4v) is 1.86. The van der Waals surface area contributed by atoms with Gasteiger partial charge >= 0.3 is 6.09 Å². The van der Waals surface area contributed by atoms with Crippen molar-refractivity contribution in [2.75, 3.05) is 7.11 Å². The zero-order chi connectivity index (χ0) is 10.4. The van der Waals surface area contributed by atoms with Gasteiger partial charge in [-0.1, -0.05) is 19.3 Å². The molecule has 80 valence electrons. The van der Waals surface area contributed by atoms with Gasteiger partial charge in [0.05, 0.1) is 7.11 Å². The first kappa shape index (κ1) is 11.2. The molecule has 0 bridgehead atoms. The lowest BCUT2D eigenvalue weighted by molar-refractivity contribution is 0.176. The summed E-state index contributed by atoms with van der Waals surface area (Å²) < 4.78 is 4.43. The highest BCUT2D eigenvalue weighted by molar-refractivity contribution is 7.80. The molecular weight excluding hydrogens is 200 g/mol. The van der Waals surface area contributed by atoms with E-state index in [1.807, 2.05) is 0 Å². The van der Waals surface area contributed by atoms with Crippen molar-refractivity contribution in [3.8, 4) is 0 Å². The molecule has 0 unspecified atom stereocenters. The number of carbonyl (C=O) groups is 1. The number of nitrogens with one attached hydrogen (secondary N) is 2. The molecule has 0 aromatic rings. The average molecular weight is 216 g/mol. The lowest BCUT2D eigenvalue weighted by Gasteiger charge is -2.23. The Morgan fingerprint density at radius 1 is 1.36 bits per heavy atom. The topological polar surface area (TPSA) is 50.4 Å². The van der Waals surface area contributed by atoms with E-state index in [4.69, 9.17) is 12.2 Å². The van der Waals surface area contributed by atoms with Crippen LogP contribution in [0.15, 0.2) is 0 Å². The third-order valence-electron chi connectivity index (χ3n) is 2.34. The van der Waals surface area contributed by atoms with Gasteiger partial charge in [-0.25, -0.2) is 4.79 Å². The van der Waals surface area contributed by atoms with Gasteiger partial charge in [0.25, 0.3) is 0 Å². The number of thiocarbonyl (C=S) groups is 1. The number of hydrogen-bond acceptors (Lipinski definition) is 3. The number of ether oxygens (including phenoxy) is 1. The predicted molar refractivity (Wildman–Crippen MR) is 58.1 cm³/mol. The molecule has 0 aliphatic heterocycles. The first-order valence-corrected chi connectivity index (χ1v) is 5.28. The number of carbonyl (C=O) groups excluding carboxylic acids is 1. The van der Waals surface area contributed by atoms with Gasteiger partial charge in [-0.2, -0.15) is 0 Å². The third kappa shape index (κ3) is 3.91. The van der Waals surface area contributed by atoms with Crippen molar-refractivity contribution in [3.05, 3.63) is 0 Å². The fourth-order valence-electron chi connectivity index (χ4n) is 1.61. The third-order valence-corrected chi connectivity index (χ3v) is 2.56. The van der Waals surface area contributed by atoms with Crippen molar-refractivity contribution in [1.82, 2.24) is 10.6 Å². The number of amides is 1. The first-order chi connectivity index (χ1) is 6.72. The molecule has 4 nitrogen and oxygen atoms in total. The lowest BCUT2D eigenvalue weighted by Crippen LogP contribution is -2.44. The van der Waals surface area contributed by atoms with Gasteiger partial charge in [0.1, 0.15) is 0 Å². The van der Waals surface area contributed by atoms with Crippen LogP contribution in [0.4, 0.5) is 4.79 Å². The molecule has 0 aromatic heterocycles. The van der Waals surface area contributed by atoms with E-state index in [-0.39, 0.29) is 0 Å². The molecule has 0 saturated heterocycles. The van der Waals surface area contributed by atoms with Crippen LogP contribution in [0.25, 0.3) is 0 Å². The number of alkyl carbamates (subject to hydrolysis) is 1. The van der Waals surface area contributed by atoms with E-state index >= 15 is 0 Å². The summed E-state index contributed by atoms with van der Waals surface area (Å²) >= 11 is 4.95. The Morgan fingerprint density at radius 3 is 2.57 bits per heavy atom. The normalized spacial score (nSPS) is 17.2. The molecule has 0 aromatic carbocycles. The maximum atomic E-state index is 10.8. The van der Waals surface area contributed by atoms with Crippen molar-refractivity contribution < 1.29 is 9.53 Å². The van der Waals surface area contributed by atoms with Gasteiger partial charge in [0.2, 0.25) is 0 Å². The first-order valence-electron chi connectivity index (χ1n) is 4.88. The highest BCUT2D eigenvalue weighted by Gasteiger charge is 2.14. The molecule has 0 heterocycles. The predicted octanol–water partition coefficient (Wildman–Crippen LogP) is 1.55. The second-order valence-electron chi connectivity index (χ2n) is 3.42. The zero-order valence-corrected chi connectivity index (χ0v) is 9.15. The highest BCUT2D eigenvalue weighted by Crippen LogP contribution is 2.17. The van der Waals surface area contributed by atoms with E-state index in [1.165, 1.54) is 26.4 Å². The van der Waals surface area contributed by atoms with Crippen LogP contribution in [-0.2, 0) is 4.74 Å². The summed E-state index contributed by atoms with van der Waals surface area (Å²) in [5.41, 5.74) is 0. The van der Waals surface area contributed by atoms with Crippen LogP contribution in [0.3, 0.4) is 0 Å². The molecule has 2 N–H and O–H groups in total. The van der Waals surface area contributed by atoms with Crippen molar-refractivity contribution in [2.45, 2.75) is 38.1 Å². The minimum Gasteiger partial charge on any atom is -0.453 e. The SMILES string of the molecule is COC(=O)NC(=S)NC1CCCCC1. The Morgan fingerprint density at radius 2 is 2.00 bits per heavy atom. The quantitative estimate of drug-likeness (QED) is 0.653. The number of methoxy groups -OCH3 is 1. The molecule has 0 atom stereocenters. The summed E-state index contributed by atoms with van der Waals surface area (Å²) in [5.74, 6) is 0. The molecular formula is C9H16N2O2S. The van der Waals surface area contributed by atoms with Crippen molar-refractivity contribution in [3.63, 3.8) is 0 Å². The summed E-state index contributed by atoms with van der Waals surface area (Å²) in [7, 11) is 1.32. The fraction of sp³-hybridized carbons (Fsp3) is 0.778. The molecule has 1 amide bonds. The maximum absolute atomic E-state index is 10.8. The minimum atomic E-state index is -0.515. The van der Waals surface area contributed by atoms with Crippen molar-refractivity contribution in [2.24, 2.45) is 0 Å². The van der Waals surface area contributed by atoms with E-state index in [9.17, 15) is 4.79 Å². The minimum absolute atomic E-state index is 0.365. The van der Waals surface area contributed by atoms with Crippen LogP contribution in [-0.4, -0.2) is 24.4 Å². The lowest BCUT2D eigenvalue weighted by atomic mass is 9.96. The van der Waals surface area contributed by atoms with Crippen LogP contribution >= 0.6 is 12.2 Å². The maximum Gasteiger partial charge on any atom is 0.413 e. The monoisotopic (exact) mass is 216 g/mol. The Labute approximate surface area is 89.4 Å². The molecule has 0 radical (unpaired) electrons. The Bertz CT molecular complexity index is 215. The van der Waals surface area contributed by atoms with E-state index in [0.717, 1.165) is 12.8 Å². The summed E-state index contributed by atoms with van der Waals surface area (Å²) in [4.78, 5) is 10.8. The second kappa shape index (κ2) is 5.80. The highest BCUT2D eigenvalue weighted by atomic mass is 32.1. The van der Waals surface area contributed by atoms with Crippen LogP contribution in [0.1, 0.15) is 32.1 Å². The van der Waals surface area contributed by atoms with E-state index in [1.54, 1.807) is 0 Å². The van der Waals surface area contributed by atoms with Gasteiger partial charge in [0, 0.05) is 6.04 Å². The van der Waals surface area contributed by atoms with Gasteiger partial charge in [-0.15, -0.1) is 0 Å².